The molecule has 0 amide bonds. The molecule has 4 aliphatic rings. The van der Waals surface area contributed by atoms with E-state index in [9.17, 15) is 0 Å². The molecule has 0 radical (unpaired) electrons. The number of ether oxygens (including phenoxy) is 1. The summed E-state index contributed by atoms with van der Waals surface area (Å²) in [5.41, 5.74) is 18.8. The zero-order chi connectivity index (χ0) is 45.8. The maximum atomic E-state index is 7.58. The average molecular weight is 905 g/mol. The molecule has 3 heteroatoms. The Kier molecular flexibility index (Phi) is 17.7. The van der Waals surface area contributed by atoms with Gasteiger partial charge in [0.25, 0.3) is 0 Å². The molecule has 0 saturated heterocycles. The second-order valence-electron chi connectivity index (χ2n) is 23.3. The van der Waals surface area contributed by atoms with Crippen molar-refractivity contribution >= 4 is 26.5 Å². The van der Waals surface area contributed by atoms with Crippen molar-refractivity contribution in [2.75, 3.05) is 7.11 Å². The Balaban J connectivity index is 1.75. The van der Waals surface area contributed by atoms with E-state index in [1.54, 1.807) is 55.1 Å². The van der Waals surface area contributed by atoms with Crippen LogP contribution in [0.2, 0.25) is 0 Å². The fourth-order valence-corrected chi connectivity index (χ4v) is 21.2. The van der Waals surface area contributed by atoms with Gasteiger partial charge >= 0.3 is 0 Å². The van der Waals surface area contributed by atoms with E-state index in [1.807, 2.05) is 0 Å². The van der Waals surface area contributed by atoms with Crippen molar-refractivity contribution in [3.05, 3.63) is 63.7 Å². The van der Waals surface area contributed by atoms with Gasteiger partial charge in [0.05, 0.1) is 7.11 Å². The third-order valence-corrected chi connectivity index (χ3v) is 23.8. The summed E-state index contributed by atoms with van der Waals surface area (Å²) < 4.78 is 7.58. The van der Waals surface area contributed by atoms with E-state index in [0.717, 1.165) is 22.6 Å². The molecule has 0 spiro atoms. The topological polar surface area (TPSA) is 9.23 Å². The quantitative estimate of drug-likeness (QED) is 0.138. The van der Waals surface area contributed by atoms with Gasteiger partial charge in [-0.3, -0.25) is 0 Å². The van der Waals surface area contributed by atoms with Crippen molar-refractivity contribution in [2.45, 2.75) is 270 Å². The van der Waals surface area contributed by atoms with Crippen LogP contribution in [0.1, 0.15) is 280 Å². The van der Waals surface area contributed by atoms with E-state index in [0.29, 0.717) is 35.5 Å². The summed E-state index contributed by atoms with van der Waals surface area (Å²) >= 11 is 0. The Morgan fingerprint density at radius 2 is 0.609 bits per heavy atom. The van der Waals surface area contributed by atoms with E-state index in [-0.39, 0.29) is 0 Å². The molecule has 4 saturated carbocycles. The predicted molar refractivity (Wildman–Crippen MR) is 289 cm³/mol. The monoisotopic (exact) mass is 905 g/mol. The number of hydrogen-bond acceptors (Lipinski definition) is 1. The molecular weight excluding hydrogens is 811 g/mol. The number of rotatable bonds is 15. The van der Waals surface area contributed by atoms with E-state index >= 15 is 0 Å². The lowest BCUT2D eigenvalue weighted by atomic mass is 9.79. The lowest BCUT2D eigenvalue weighted by Crippen LogP contribution is -2.34. The molecule has 0 bridgehead atoms. The number of hydrogen-bond donors (Lipinski definition) is 0. The second kappa shape index (κ2) is 22.6. The summed E-state index contributed by atoms with van der Waals surface area (Å²) in [7, 11) is 1.21. The van der Waals surface area contributed by atoms with Crippen molar-refractivity contribution < 1.29 is 4.74 Å². The first-order chi connectivity index (χ1) is 30.7. The van der Waals surface area contributed by atoms with E-state index in [4.69, 9.17) is 4.74 Å². The lowest BCUT2D eigenvalue weighted by molar-refractivity contribution is 0.420. The molecular formula is C61H94OP2. The van der Waals surface area contributed by atoms with Crippen molar-refractivity contribution in [1.29, 1.82) is 0 Å². The number of benzene rings is 3. The summed E-state index contributed by atoms with van der Waals surface area (Å²) in [5, 5.41) is 3.48. The highest BCUT2D eigenvalue weighted by molar-refractivity contribution is 7.69. The van der Waals surface area contributed by atoms with Gasteiger partial charge in [0.1, 0.15) is 5.75 Å². The largest absolute Gasteiger partial charge is 0.495 e. The molecule has 4 fully saturated rings. The molecule has 0 aromatic heterocycles. The van der Waals surface area contributed by atoms with Gasteiger partial charge in [-0.1, -0.05) is 200 Å². The van der Waals surface area contributed by atoms with Crippen LogP contribution in [0.4, 0.5) is 0 Å². The Morgan fingerprint density at radius 3 is 0.812 bits per heavy atom. The Morgan fingerprint density at radius 1 is 0.359 bits per heavy atom. The molecule has 0 atom stereocenters. The van der Waals surface area contributed by atoms with Crippen LogP contribution in [0.25, 0.3) is 22.3 Å². The standard InChI is InChI=1S/C61H94OP2/c1-39(2)45-34-51(41(5)6)57(52(35-45)42(7)8)55-38-56(58-53(43(9)10)36-46(40(3)4)37-54(58)44(11)12)61(64(49-30-22-16-23-31-49)50-32-24-17-25-33-50)59(62-13)60(55)63(47-26-18-14-19-27-47)48-28-20-15-21-29-48/h34-44,47-50H,14-33H2,1-13H3. The van der Waals surface area contributed by atoms with Gasteiger partial charge in [-0.05, 0) is 171 Å². The Hall–Kier alpha value is -1.68. The molecule has 0 unspecified atom stereocenters. The van der Waals surface area contributed by atoms with Crippen molar-refractivity contribution in [3.63, 3.8) is 0 Å². The molecule has 64 heavy (non-hydrogen) atoms. The minimum absolute atomic E-state index is 0.424. The van der Waals surface area contributed by atoms with Gasteiger partial charge in [-0.2, -0.15) is 0 Å². The molecule has 354 valence electrons. The molecule has 0 aliphatic heterocycles. The summed E-state index contributed by atoms with van der Waals surface area (Å²) in [5.74, 6) is 4.09. The highest BCUT2D eigenvalue weighted by Gasteiger charge is 2.43. The first-order valence-corrected chi connectivity index (χ1v) is 30.4. The van der Waals surface area contributed by atoms with Crippen LogP contribution in [-0.2, 0) is 0 Å². The zero-order valence-corrected chi connectivity index (χ0v) is 45.4. The van der Waals surface area contributed by atoms with Crippen LogP contribution in [0.15, 0.2) is 30.3 Å². The molecule has 3 aromatic carbocycles. The van der Waals surface area contributed by atoms with E-state index in [2.05, 4.69) is 121 Å². The first kappa shape index (κ1) is 50.2. The van der Waals surface area contributed by atoms with Gasteiger partial charge in [0, 0.05) is 10.6 Å². The highest BCUT2D eigenvalue weighted by Crippen LogP contribution is 2.63. The summed E-state index contributed by atoms with van der Waals surface area (Å²) in [6.45, 7) is 29.6. The van der Waals surface area contributed by atoms with Gasteiger partial charge < -0.3 is 4.74 Å². The zero-order valence-electron chi connectivity index (χ0n) is 43.6. The summed E-state index contributed by atoms with van der Waals surface area (Å²) in [4.78, 5) is 0. The average Bonchev–Trinajstić information content (AvgIpc) is 3.29. The normalized spacial score (nSPS) is 19.3. The molecule has 0 heterocycles. The van der Waals surface area contributed by atoms with Gasteiger partial charge in [-0.25, -0.2) is 0 Å². The second-order valence-corrected chi connectivity index (χ2v) is 28.7. The fourth-order valence-electron chi connectivity index (χ4n) is 13.0. The maximum Gasteiger partial charge on any atom is 0.135 e. The van der Waals surface area contributed by atoms with Crippen LogP contribution in [0, 0.1) is 0 Å². The first-order valence-electron chi connectivity index (χ1n) is 27.4. The molecule has 7 rings (SSSR count). The third kappa shape index (κ3) is 10.8. The predicted octanol–water partition coefficient (Wildman–Crippen LogP) is 19.3. The SMILES string of the molecule is COc1c(P(C2CCCCC2)C2CCCCC2)c(-c2c(C(C)C)cc(C(C)C)cc2C(C)C)cc(-c2c(C(C)C)cc(C(C)C)cc2C(C)C)c1P(C1CCCCC1)C1CCCCC1. The lowest BCUT2D eigenvalue weighted by Gasteiger charge is -2.44. The van der Waals surface area contributed by atoms with Crippen LogP contribution in [0.5, 0.6) is 5.75 Å². The maximum absolute atomic E-state index is 7.58. The highest BCUT2D eigenvalue weighted by atomic mass is 31.1. The molecule has 3 aromatic rings. The Labute approximate surface area is 397 Å². The van der Waals surface area contributed by atoms with Gasteiger partial charge in [0.2, 0.25) is 0 Å². The van der Waals surface area contributed by atoms with Crippen LogP contribution in [0.3, 0.4) is 0 Å². The van der Waals surface area contributed by atoms with Crippen molar-refractivity contribution in [3.8, 4) is 28.0 Å². The van der Waals surface area contributed by atoms with Crippen molar-refractivity contribution in [2.24, 2.45) is 0 Å². The Bertz CT molecular complexity index is 1740. The third-order valence-electron chi connectivity index (χ3n) is 16.6. The smallest absolute Gasteiger partial charge is 0.135 e. The summed E-state index contributed by atoms with van der Waals surface area (Å²) in [6, 6.07) is 13.6. The summed E-state index contributed by atoms with van der Waals surface area (Å²) in [6.07, 6.45) is 28.2. The minimum atomic E-state index is -0.472. The van der Waals surface area contributed by atoms with Crippen LogP contribution >= 0.6 is 15.8 Å². The number of methoxy groups -OCH3 is 1. The molecule has 4 aliphatic carbocycles. The van der Waals surface area contributed by atoms with Gasteiger partial charge in [0.15, 0.2) is 0 Å². The van der Waals surface area contributed by atoms with E-state index < -0.39 is 15.8 Å². The van der Waals surface area contributed by atoms with Crippen LogP contribution in [-0.4, -0.2) is 29.7 Å². The van der Waals surface area contributed by atoms with Crippen LogP contribution < -0.4 is 15.3 Å². The van der Waals surface area contributed by atoms with E-state index in [1.165, 1.54) is 145 Å². The van der Waals surface area contributed by atoms with Crippen molar-refractivity contribution in [1.82, 2.24) is 0 Å². The molecule has 1 nitrogen and oxygen atoms in total. The van der Waals surface area contributed by atoms with Gasteiger partial charge in [-0.15, -0.1) is 0 Å². The molecule has 0 N–H and O–H groups in total. The minimum Gasteiger partial charge on any atom is -0.495 e. The fraction of sp³-hybridized carbons (Fsp3) is 0.705.